The van der Waals surface area contributed by atoms with E-state index in [2.05, 4.69) is 97.7 Å². The highest BCUT2D eigenvalue weighted by molar-refractivity contribution is 6.24. The van der Waals surface area contributed by atoms with Crippen molar-refractivity contribution in [2.75, 3.05) is 0 Å². The maximum absolute atomic E-state index is 2.46. The van der Waals surface area contributed by atoms with Crippen molar-refractivity contribution in [1.29, 1.82) is 0 Å². The Balaban J connectivity index is 1.37. The zero-order valence-corrected chi connectivity index (χ0v) is 25.2. The van der Waals surface area contributed by atoms with E-state index in [-0.39, 0.29) is 0 Å². The normalized spacial score (nSPS) is 12.2. The van der Waals surface area contributed by atoms with Crippen molar-refractivity contribution in [3.63, 3.8) is 0 Å². The van der Waals surface area contributed by atoms with E-state index >= 15 is 0 Å². The van der Waals surface area contributed by atoms with E-state index in [1.54, 1.807) is 0 Å². The van der Waals surface area contributed by atoms with Crippen LogP contribution >= 0.6 is 0 Å². The molecule has 0 N–H and O–H groups in total. The Morgan fingerprint density at radius 1 is 0.400 bits per heavy atom. The summed E-state index contributed by atoms with van der Waals surface area (Å²) >= 11 is 0. The number of rotatable bonds is 12. The molecular weight excluding hydrogens is 484 g/mol. The van der Waals surface area contributed by atoms with Gasteiger partial charge in [0.2, 0.25) is 0 Å². The molecule has 0 amide bonds. The number of fused-ring (bicyclic) bond motifs is 9. The summed E-state index contributed by atoms with van der Waals surface area (Å²) in [6.07, 6.45) is 15.6. The van der Waals surface area contributed by atoms with Crippen molar-refractivity contribution in [3.8, 4) is 0 Å². The Kier molecular flexibility index (Phi) is 7.87. The van der Waals surface area contributed by atoms with Crippen LogP contribution in [-0.4, -0.2) is 9.13 Å². The number of benzene rings is 4. The topological polar surface area (TPSA) is 9.86 Å². The van der Waals surface area contributed by atoms with Gasteiger partial charge in [0.05, 0.1) is 0 Å². The second-order valence-corrected chi connectivity index (χ2v) is 12.1. The molecule has 0 saturated carbocycles. The molecule has 0 aliphatic heterocycles. The molecule has 0 spiro atoms. The summed E-state index contributed by atoms with van der Waals surface area (Å²) in [5, 5.41) is 11.0. The van der Waals surface area contributed by atoms with Gasteiger partial charge in [-0.15, -0.1) is 0 Å². The van der Waals surface area contributed by atoms with Gasteiger partial charge < -0.3 is 9.13 Å². The molecule has 40 heavy (non-hydrogen) atoms. The van der Waals surface area contributed by atoms with Gasteiger partial charge in [-0.2, -0.15) is 0 Å². The number of aryl methyl sites for hydroxylation is 4. The molecule has 0 bridgehead atoms. The predicted octanol–water partition coefficient (Wildman–Crippen LogP) is 11.2. The Hall–Kier alpha value is -3.26. The first-order valence-electron chi connectivity index (χ1n) is 16.0. The molecule has 0 unspecified atom stereocenters. The summed E-state index contributed by atoms with van der Waals surface area (Å²) in [4.78, 5) is 0. The number of unbranched alkanes of at least 4 members (excludes halogenated alkanes) is 8. The molecular formula is C38H46N2. The fourth-order valence-electron chi connectivity index (χ4n) is 7.08. The number of aromatic nitrogens is 2. The van der Waals surface area contributed by atoms with Gasteiger partial charge in [-0.05, 0) is 82.3 Å². The second-order valence-electron chi connectivity index (χ2n) is 12.1. The monoisotopic (exact) mass is 530 g/mol. The smallest absolute Gasteiger partial charge is 0.0486 e. The predicted molar refractivity (Wildman–Crippen MR) is 177 cm³/mol. The summed E-state index contributed by atoms with van der Waals surface area (Å²) in [5.41, 5.74) is 5.63. The number of nitrogens with zero attached hydrogens (tertiary/aromatic N) is 2. The maximum atomic E-state index is 2.46. The maximum Gasteiger partial charge on any atom is 0.0486 e. The van der Waals surface area contributed by atoms with Crippen LogP contribution in [0.3, 0.4) is 0 Å². The second kappa shape index (κ2) is 11.7. The average molecular weight is 531 g/mol. The first-order chi connectivity index (χ1) is 19.6. The largest absolute Gasteiger partial charge is 0.348 e. The highest BCUT2D eigenvalue weighted by Crippen LogP contribution is 2.38. The van der Waals surface area contributed by atoms with Crippen LogP contribution in [0.1, 0.15) is 89.4 Å². The number of hydrogen-bond donors (Lipinski definition) is 0. The highest BCUT2D eigenvalue weighted by Gasteiger charge is 2.14. The van der Waals surface area contributed by atoms with Gasteiger partial charge in [-0.3, -0.25) is 0 Å². The lowest BCUT2D eigenvalue weighted by atomic mass is 9.94. The van der Waals surface area contributed by atoms with Gasteiger partial charge >= 0.3 is 0 Å². The van der Waals surface area contributed by atoms with E-state index in [1.807, 2.05) is 0 Å². The van der Waals surface area contributed by atoms with E-state index in [9.17, 15) is 0 Å². The van der Waals surface area contributed by atoms with Gasteiger partial charge in [0, 0.05) is 47.3 Å². The molecule has 6 aromatic rings. The van der Waals surface area contributed by atoms with Crippen LogP contribution < -0.4 is 0 Å². The van der Waals surface area contributed by atoms with Gasteiger partial charge in [-0.25, -0.2) is 0 Å². The van der Waals surface area contributed by atoms with Crippen LogP contribution in [0.25, 0.3) is 54.1 Å². The van der Waals surface area contributed by atoms with E-state index in [0.717, 1.165) is 0 Å². The van der Waals surface area contributed by atoms with Crippen molar-refractivity contribution in [2.45, 2.75) is 90.9 Å². The molecule has 0 aliphatic rings. The highest BCUT2D eigenvalue weighted by atomic mass is 14.9. The third kappa shape index (κ3) is 4.80. The fourth-order valence-corrected chi connectivity index (χ4v) is 7.08. The molecule has 0 radical (unpaired) electrons. The van der Waals surface area contributed by atoms with Crippen molar-refractivity contribution >= 4 is 54.1 Å². The first-order valence-corrected chi connectivity index (χ1v) is 16.0. The minimum absolute atomic E-state index is 1.17. The van der Waals surface area contributed by atoms with Crippen molar-refractivity contribution < 1.29 is 0 Å². The third-order valence-corrected chi connectivity index (χ3v) is 9.51. The van der Waals surface area contributed by atoms with Crippen LogP contribution in [0.4, 0.5) is 0 Å². The van der Waals surface area contributed by atoms with Crippen molar-refractivity contribution in [3.05, 3.63) is 72.1 Å². The van der Waals surface area contributed by atoms with E-state index in [4.69, 9.17) is 0 Å². The zero-order valence-electron chi connectivity index (χ0n) is 25.2. The summed E-state index contributed by atoms with van der Waals surface area (Å²) in [5.74, 6) is 0. The Morgan fingerprint density at radius 2 is 0.725 bits per heavy atom. The lowest BCUT2D eigenvalue weighted by Gasteiger charge is -2.10. The quantitative estimate of drug-likeness (QED) is 0.110. The van der Waals surface area contributed by atoms with Crippen LogP contribution in [0.5, 0.6) is 0 Å². The van der Waals surface area contributed by atoms with Crippen LogP contribution in [0.2, 0.25) is 0 Å². The van der Waals surface area contributed by atoms with Gasteiger partial charge in [-0.1, -0.05) is 102 Å². The van der Waals surface area contributed by atoms with E-state index < -0.39 is 0 Å². The minimum Gasteiger partial charge on any atom is -0.348 e. The van der Waals surface area contributed by atoms with Gasteiger partial charge in [0.1, 0.15) is 0 Å². The molecule has 4 aromatic carbocycles. The molecule has 0 atom stereocenters. The molecule has 2 heteroatoms. The Labute approximate surface area is 240 Å². The fraction of sp³-hybridized carbons (Fsp3) is 0.421. The van der Waals surface area contributed by atoms with Gasteiger partial charge in [0.25, 0.3) is 0 Å². The molecule has 0 fully saturated rings. The van der Waals surface area contributed by atoms with Crippen molar-refractivity contribution in [2.24, 2.45) is 14.1 Å². The summed E-state index contributed by atoms with van der Waals surface area (Å²) < 4.78 is 4.85. The van der Waals surface area contributed by atoms with Crippen LogP contribution in [0.15, 0.2) is 60.7 Å². The SMILES string of the molecule is CCCCCCCc1cc2c3ccc4c(ccc5c4ccc4c5cc(CCCCCCC)n4C)c3ccc2n1C. The third-order valence-electron chi connectivity index (χ3n) is 9.51. The lowest BCUT2D eigenvalue weighted by Crippen LogP contribution is -1.96. The molecule has 2 aromatic heterocycles. The van der Waals surface area contributed by atoms with Gasteiger partial charge in [0.15, 0.2) is 0 Å². The molecule has 208 valence electrons. The average Bonchev–Trinajstić information content (AvgIpc) is 3.48. The van der Waals surface area contributed by atoms with Crippen LogP contribution in [0, 0.1) is 0 Å². The van der Waals surface area contributed by atoms with E-state index in [1.165, 1.54) is 143 Å². The molecule has 2 nitrogen and oxygen atoms in total. The molecule has 0 aliphatic carbocycles. The molecule has 0 saturated heterocycles. The van der Waals surface area contributed by atoms with Crippen LogP contribution in [-0.2, 0) is 26.9 Å². The Bertz CT molecular complexity index is 1660. The zero-order chi connectivity index (χ0) is 27.6. The lowest BCUT2D eigenvalue weighted by molar-refractivity contribution is 0.622. The Morgan fingerprint density at radius 3 is 1.10 bits per heavy atom. The summed E-state index contributed by atoms with van der Waals surface area (Å²) in [6.45, 7) is 4.58. The minimum atomic E-state index is 1.17. The summed E-state index contributed by atoms with van der Waals surface area (Å²) in [7, 11) is 4.49. The van der Waals surface area contributed by atoms with Crippen molar-refractivity contribution in [1.82, 2.24) is 9.13 Å². The summed E-state index contributed by atoms with van der Waals surface area (Å²) in [6, 6.07) is 23.8. The number of hydrogen-bond acceptors (Lipinski definition) is 0. The first kappa shape index (κ1) is 26.9. The standard InChI is InChI=1S/C38H46N2/c1-5-7-9-11-13-15-27-25-35-33-19-17-30-29(31(33)21-23-37(35)39(27)3)18-20-34-32(30)22-24-38-36(34)26-28(40(38)4)16-14-12-10-8-6-2/h17-26H,5-16H2,1-4H3. The molecule has 2 heterocycles. The van der Waals surface area contributed by atoms with E-state index in [0.29, 0.717) is 0 Å². The molecule has 6 rings (SSSR count).